The second kappa shape index (κ2) is 5.51. The molecular weight excluding hydrogens is 214 g/mol. The van der Waals surface area contributed by atoms with Crippen molar-refractivity contribution in [3.05, 3.63) is 34.9 Å². The van der Waals surface area contributed by atoms with Crippen molar-refractivity contribution in [2.75, 3.05) is 0 Å². The third-order valence-corrected chi connectivity index (χ3v) is 2.05. The molecule has 3 nitrogen and oxygen atoms in total. The molecule has 1 rings (SSSR count). The number of amides is 2. The van der Waals surface area contributed by atoms with Crippen molar-refractivity contribution in [2.24, 2.45) is 0 Å². The Morgan fingerprint density at radius 1 is 1.40 bits per heavy atom. The van der Waals surface area contributed by atoms with Gasteiger partial charge in [0.2, 0.25) is 5.91 Å². The van der Waals surface area contributed by atoms with Crippen LogP contribution in [0.1, 0.15) is 30.1 Å². The van der Waals surface area contributed by atoms with Crippen LogP contribution in [-0.4, -0.2) is 11.8 Å². The molecule has 0 saturated carbocycles. The summed E-state index contributed by atoms with van der Waals surface area (Å²) in [5.74, 6) is -0.668. The number of hydrogen-bond donors (Lipinski definition) is 1. The minimum absolute atomic E-state index is 0.262. The van der Waals surface area contributed by atoms with Gasteiger partial charge in [-0.1, -0.05) is 24.6 Å². The summed E-state index contributed by atoms with van der Waals surface area (Å²) in [6.07, 6.45) is 1.07. The second-order valence-electron chi connectivity index (χ2n) is 3.14. The van der Waals surface area contributed by atoms with Crippen LogP contribution in [0.5, 0.6) is 0 Å². The van der Waals surface area contributed by atoms with E-state index in [0.717, 1.165) is 0 Å². The molecule has 0 atom stereocenters. The molecule has 0 radical (unpaired) electrons. The molecule has 0 saturated heterocycles. The molecule has 0 aromatic heterocycles. The van der Waals surface area contributed by atoms with E-state index in [9.17, 15) is 9.59 Å². The number of carbonyl (C=O) groups is 2. The minimum atomic E-state index is -0.407. The normalized spacial score (nSPS) is 9.73. The number of carbonyl (C=O) groups excluding carboxylic acids is 2. The first kappa shape index (κ1) is 11.7. The highest BCUT2D eigenvalue weighted by Gasteiger charge is 2.09. The molecule has 0 unspecified atom stereocenters. The fraction of sp³-hybridized carbons (Fsp3) is 0.273. The lowest BCUT2D eigenvalue weighted by atomic mass is 10.2. The van der Waals surface area contributed by atoms with Crippen molar-refractivity contribution >= 4 is 23.4 Å². The molecule has 1 aromatic rings. The van der Waals surface area contributed by atoms with Crippen LogP contribution in [0.25, 0.3) is 0 Å². The zero-order valence-corrected chi connectivity index (χ0v) is 9.17. The Hall–Kier alpha value is -1.35. The van der Waals surface area contributed by atoms with Gasteiger partial charge in [0, 0.05) is 17.0 Å². The predicted molar refractivity (Wildman–Crippen MR) is 58.8 cm³/mol. The van der Waals surface area contributed by atoms with Crippen molar-refractivity contribution in [1.82, 2.24) is 5.32 Å². The van der Waals surface area contributed by atoms with Gasteiger partial charge in [0.15, 0.2) is 0 Å². The van der Waals surface area contributed by atoms with Crippen molar-refractivity contribution in [3.63, 3.8) is 0 Å². The van der Waals surface area contributed by atoms with Gasteiger partial charge in [-0.05, 0) is 24.6 Å². The SMILES string of the molecule is CCCC(=O)NC(=O)c1cccc(Cl)c1. The van der Waals surface area contributed by atoms with E-state index in [-0.39, 0.29) is 5.91 Å². The quantitative estimate of drug-likeness (QED) is 0.859. The maximum atomic E-state index is 11.5. The van der Waals surface area contributed by atoms with Gasteiger partial charge in [-0.25, -0.2) is 0 Å². The highest BCUT2D eigenvalue weighted by Crippen LogP contribution is 2.10. The smallest absolute Gasteiger partial charge is 0.257 e. The Balaban J connectivity index is 2.65. The Morgan fingerprint density at radius 3 is 2.73 bits per heavy atom. The summed E-state index contributed by atoms with van der Waals surface area (Å²) in [5, 5.41) is 2.77. The molecular formula is C11H12ClNO2. The van der Waals surface area contributed by atoms with Crippen LogP contribution in [0.4, 0.5) is 0 Å². The van der Waals surface area contributed by atoms with Crippen LogP contribution in [0, 0.1) is 0 Å². The molecule has 0 aliphatic carbocycles. The van der Waals surface area contributed by atoms with E-state index in [4.69, 9.17) is 11.6 Å². The predicted octanol–water partition coefficient (Wildman–Crippen LogP) is 2.40. The summed E-state index contributed by atoms with van der Waals surface area (Å²) in [4.78, 5) is 22.6. The van der Waals surface area contributed by atoms with Crippen molar-refractivity contribution in [2.45, 2.75) is 19.8 Å². The standard InChI is InChI=1S/C11H12ClNO2/c1-2-4-10(14)13-11(15)8-5-3-6-9(12)7-8/h3,5-7H,2,4H2,1H3,(H,13,14,15). The number of benzene rings is 1. The fourth-order valence-electron chi connectivity index (χ4n) is 1.12. The van der Waals surface area contributed by atoms with Gasteiger partial charge in [0.25, 0.3) is 5.91 Å². The van der Waals surface area contributed by atoms with Crippen LogP contribution in [-0.2, 0) is 4.79 Å². The zero-order valence-electron chi connectivity index (χ0n) is 8.42. The Labute approximate surface area is 93.4 Å². The minimum Gasteiger partial charge on any atom is -0.292 e. The number of rotatable bonds is 3. The molecule has 0 aliphatic heterocycles. The van der Waals surface area contributed by atoms with Gasteiger partial charge in [0.1, 0.15) is 0 Å². The Kier molecular flexibility index (Phi) is 4.31. The van der Waals surface area contributed by atoms with E-state index < -0.39 is 5.91 Å². The van der Waals surface area contributed by atoms with Crippen molar-refractivity contribution in [3.8, 4) is 0 Å². The lowest BCUT2D eigenvalue weighted by molar-refractivity contribution is -0.120. The molecule has 1 aromatic carbocycles. The third-order valence-electron chi connectivity index (χ3n) is 1.82. The Bertz CT molecular complexity index is 377. The van der Waals surface area contributed by atoms with Crippen LogP contribution in [0.15, 0.2) is 24.3 Å². The van der Waals surface area contributed by atoms with E-state index in [1.54, 1.807) is 18.2 Å². The average molecular weight is 226 g/mol. The molecule has 0 spiro atoms. The van der Waals surface area contributed by atoms with E-state index in [0.29, 0.717) is 23.4 Å². The molecule has 0 heterocycles. The largest absolute Gasteiger partial charge is 0.292 e. The topological polar surface area (TPSA) is 46.2 Å². The Morgan fingerprint density at radius 2 is 2.13 bits per heavy atom. The summed E-state index contributed by atoms with van der Waals surface area (Å²) in [6, 6.07) is 6.48. The zero-order chi connectivity index (χ0) is 11.3. The summed E-state index contributed by atoms with van der Waals surface area (Å²) < 4.78 is 0. The fourth-order valence-corrected chi connectivity index (χ4v) is 1.31. The molecule has 80 valence electrons. The third kappa shape index (κ3) is 3.72. The lowest BCUT2D eigenvalue weighted by Crippen LogP contribution is -2.29. The summed E-state index contributed by atoms with van der Waals surface area (Å²) in [6.45, 7) is 1.88. The van der Waals surface area contributed by atoms with Crippen LogP contribution in [0.3, 0.4) is 0 Å². The molecule has 1 N–H and O–H groups in total. The first-order valence-electron chi connectivity index (χ1n) is 4.73. The van der Waals surface area contributed by atoms with E-state index in [1.165, 1.54) is 6.07 Å². The van der Waals surface area contributed by atoms with Crippen molar-refractivity contribution < 1.29 is 9.59 Å². The van der Waals surface area contributed by atoms with Crippen molar-refractivity contribution in [1.29, 1.82) is 0 Å². The second-order valence-corrected chi connectivity index (χ2v) is 3.57. The van der Waals surface area contributed by atoms with Gasteiger partial charge >= 0.3 is 0 Å². The molecule has 0 bridgehead atoms. The summed E-state index contributed by atoms with van der Waals surface area (Å²) >= 11 is 5.72. The van der Waals surface area contributed by atoms with E-state index in [2.05, 4.69) is 5.32 Å². The van der Waals surface area contributed by atoms with Gasteiger partial charge in [-0.15, -0.1) is 0 Å². The van der Waals surface area contributed by atoms with Gasteiger partial charge in [-0.2, -0.15) is 0 Å². The van der Waals surface area contributed by atoms with E-state index >= 15 is 0 Å². The van der Waals surface area contributed by atoms with Crippen LogP contribution < -0.4 is 5.32 Å². The summed E-state index contributed by atoms with van der Waals surface area (Å²) in [5.41, 5.74) is 0.395. The first-order valence-corrected chi connectivity index (χ1v) is 5.11. The highest BCUT2D eigenvalue weighted by molar-refractivity contribution is 6.31. The maximum Gasteiger partial charge on any atom is 0.257 e. The molecule has 2 amide bonds. The lowest BCUT2D eigenvalue weighted by Gasteiger charge is -2.03. The first-order chi connectivity index (χ1) is 7.13. The van der Waals surface area contributed by atoms with Crippen LogP contribution >= 0.6 is 11.6 Å². The maximum absolute atomic E-state index is 11.5. The number of nitrogens with one attached hydrogen (secondary N) is 1. The number of hydrogen-bond acceptors (Lipinski definition) is 2. The van der Waals surface area contributed by atoms with E-state index in [1.807, 2.05) is 6.92 Å². The molecule has 0 fully saturated rings. The van der Waals surface area contributed by atoms with Gasteiger partial charge in [0.05, 0.1) is 0 Å². The van der Waals surface area contributed by atoms with Gasteiger partial charge in [-0.3, -0.25) is 14.9 Å². The van der Waals surface area contributed by atoms with Gasteiger partial charge < -0.3 is 0 Å². The van der Waals surface area contributed by atoms with Crippen LogP contribution in [0.2, 0.25) is 5.02 Å². The highest BCUT2D eigenvalue weighted by atomic mass is 35.5. The molecule has 0 aliphatic rings. The number of halogens is 1. The average Bonchev–Trinajstić information content (AvgIpc) is 2.18. The summed E-state index contributed by atoms with van der Waals surface area (Å²) in [7, 11) is 0. The number of imide groups is 1. The molecule has 4 heteroatoms. The monoisotopic (exact) mass is 225 g/mol. The molecule has 15 heavy (non-hydrogen) atoms.